The molecule has 1 atom stereocenters. The topological polar surface area (TPSA) is 26.0 Å². The Labute approximate surface area is 88.5 Å². The van der Waals surface area contributed by atoms with Crippen LogP contribution in [0.2, 0.25) is 0 Å². The van der Waals surface area contributed by atoms with Gasteiger partial charge in [0.2, 0.25) is 0 Å². The summed E-state index contributed by atoms with van der Waals surface area (Å²) in [5, 5.41) is 0. The largest absolute Gasteiger partial charge is 0.324 e. The van der Waals surface area contributed by atoms with Crippen molar-refractivity contribution in [3.63, 3.8) is 0 Å². The lowest BCUT2D eigenvalue weighted by molar-refractivity contribution is 0.811. The predicted octanol–water partition coefficient (Wildman–Crippen LogP) is 3.15. The standard InChI is InChI=1S/C10H15NS2/c1-7(11)8-4-5-9(12-2)10(6-8)13-3/h4-7H,11H2,1-3H3. The second kappa shape index (κ2) is 4.94. The van der Waals surface area contributed by atoms with Crippen molar-refractivity contribution in [1.82, 2.24) is 0 Å². The Bertz CT molecular complexity index is 284. The van der Waals surface area contributed by atoms with Gasteiger partial charge in [0.05, 0.1) is 0 Å². The molecule has 0 aromatic heterocycles. The van der Waals surface area contributed by atoms with Crippen molar-refractivity contribution < 1.29 is 0 Å². The molecule has 3 heteroatoms. The molecule has 0 aliphatic heterocycles. The third kappa shape index (κ3) is 2.66. The summed E-state index contributed by atoms with van der Waals surface area (Å²) in [6, 6.07) is 6.56. The molecule has 0 aliphatic carbocycles. The van der Waals surface area contributed by atoms with Crippen molar-refractivity contribution in [1.29, 1.82) is 0 Å². The summed E-state index contributed by atoms with van der Waals surface area (Å²) in [7, 11) is 0. The summed E-state index contributed by atoms with van der Waals surface area (Å²) in [5.41, 5.74) is 7.02. The van der Waals surface area contributed by atoms with E-state index in [4.69, 9.17) is 5.73 Å². The monoisotopic (exact) mass is 213 g/mol. The van der Waals surface area contributed by atoms with Crippen LogP contribution in [0.1, 0.15) is 18.5 Å². The van der Waals surface area contributed by atoms with E-state index in [0.717, 1.165) is 0 Å². The second-order valence-electron chi connectivity index (χ2n) is 2.90. The maximum absolute atomic E-state index is 5.81. The highest BCUT2D eigenvalue weighted by atomic mass is 32.2. The first-order valence-corrected chi connectivity index (χ1v) is 6.61. The molecule has 0 spiro atoms. The zero-order valence-corrected chi connectivity index (χ0v) is 9.84. The molecule has 0 radical (unpaired) electrons. The number of nitrogens with two attached hydrogens (primary N) is 1. The Morgan fingerprint density at radius 3 is 2.23 bits per heavy atom. The van der Waals surface area contributed by atoms with Gasteiger partial charge < -0.3 is 5.73 Å². The van der Waals surface area contributed by atoms with Gasteiger partial charge in [-0.15, -0.1) is 23.5 Å². The smallest absolute Gasteiger partial charge is 0.0266 e. The van der Waals surface area contributed by atoms with Crippen molar-refractivity contribution in [2.45, 2.75) is 22.8 Å². The molecular weight excluding hydrogens is 198 g/mol. The van der Waals surface area contributed by atoms with Gasteiger partial charge in [-0.05, 0) is 37.1 Å². The number of hydrogen-bond donors (Lipinski definition) is 1. The first-order chi connectivity index (χ1) is 6.19. The summed E-state index contributed by atoms with van der Waals surface area (Å²) in [5.74, 6) is 0. The molecule has 0 aliphatic rings. The number of rotatable bonds is 3. The van der Waals surface area contributed by atoms with Crippen LogP contribution in [-0.2, 0) is 0 Å². The van der Waals surface area contributed by atoms with Gasteiger partial charge in [0.25, 0.3) is 0 Å². The van der Waals surface area contributed by atoms with E-state index in [-0.39, 0.29) is 6.04 Å². The van der Waals surface area contributed by atoms with E-state index >= 15 is 0 Å². The maximum atomic E-state index is 5.81. The van der Waals surface area contributed by atoms with Crippen LogP contribution in [0.3, 0.4) is 0 Å². The number of hydrogen-bond acceptors (Lipinski definition) is 3. The molecule has 1 unspecified atom stereocenters. The first kappa shape index (κ1) is 11.0. The second-order valence-corrected chi connectivity index (χ2v) is 4.60. The van der Waals surface area contributed by atoms with Crippen molar-refractivity contribution in [3.8, 4) is 0 Å². The van der Waals surface area contributed by atoms with E-state index < -0.39 is 0 Å². The summed E-state index contributed by atoms with van der Waals surface area (Å²) in [4.78, 5) is 2.65. The molecule has 1 aromatic rings. The molecule has 0 saturated heterocycles. The molecule has 0 fully saturated rings. The van der Waals surface area contributed by atoms with Gasteiger partial charge in [-0.2, -0.15) is 0 Å². The fourth-order valence-corrected chi connectivity index (χ4v) is 2.62. The van der Waals surface area contributed by atoms with Gasteiger partial charge in [0.15, 0.2) is 0 Å². The van der Waals surface area contributed by atoms with Crippen LogP contribution < -0.4 is 5.73 Å². The van der Waals surface area contributed by atoms with Crippen LogP contribution >= 0.6 is 23.5 Å². The Kier molecular flexibility index (Phi) is 4.16. The Hall–Kier alpha value is -0.120. The highest BCUT2D eigenvalue weighted by molar-refractivity contribution is 8.01. The minimum absolute atomic E-state index is 0.127. The van der Waals surface area contributed by atoms with E-state index in [1.54, 1.807) is 23.5 Å². The quantitative estimate of drug-likeness (QED) is 0.781. The van der Waals surface area contributed by atoms with E-state index in [9.17, 15) is 0 Å². The highest BCUT2D eigenvalue weighted by Crippen LogP contribution is 2.30. The summed E-state index contributed by atoms with van der Waals surface area (Å²) in [6.07, 6.45) is 4.20. The first-order valence-electron chi connectivity index (χ1n) is 4.16. The van der Waals surface area contributed by atoms with Crippen molar-refractivity contribution in [2.75, 3.05) is 12.5 Å². The minimum atomic E-state index is 0.127. The number of thioether (sulfide) groups is 2. The van der Waals surface area contributed by atoms with Crippen molar-refractivity contribution >= 4 is 23.5 Å². The van der Waals surface area contributed by atoms with Crippen molar-refractivity contribution in [2.24, 2.45) is 5.73 Å². The molecule has 2 N–H and O–H groups in total. The van der Waals surface area contributed by atoms with Crippen LogP contribution in [0.5, 0.6) is 0 Å². The van der Waals surface area contributed by atoms with Crippen LogP contribution in [0.4, 0.5) is 0 Å². The van der Waals surface area contributed by atoms with Gasteiger partial charge in [0, 0.05) is 15.8 Å². The third-order valence-electron chi connectivity index (χ3n) is 1.93. The molecule has 0 bridgehead atoms. The fraction of sp³-hybridized carbons (Fsp3) is 0.400. The molecule has 1 aromatic carbocycles. The SMILES string of the molecule is CSc1ccc(C(C)N)cc1SC. The molecule has 13 heavy (non-hydrogen) atoms. The summed E-state index contributed by atoms with van der Waals surface area (Å²) < 4.78 is 0. The van der Waals surface area contributed by atoms with Crippen molar-refractivity contribution in [3.05, 3.63) is 23.8 Å². The van der Waals surface area contributed by atoms with Crippen LogP contribution in [0.25, 0.3) is 0 Å². The fourth-order valence-electron chi connectivity index (χ4n) is 1.14. The van der Waals surface area contributed by atoms with Crippen LogP contribution in [0, 0.1) is 0 Å². The van der Waals surface area contributed by atoms with Gasteiger partial charge in [0.1, 0.15) is 0 Å². The Balaban J connectivity index is 3.05. The van der Waals surface area contributed by atoms with Gasteiger partial charge in [-0.1, -0.05) is 6.07 Å². The molecule has 0 saturated carbocycles. The predicted molar refractivity (Wildman–Crippen MR) is 62.6 cm³/mol. The van der Waals surface area contributed by atoms with Crippen LogP contribution in [0.15, 0.2) is 28.0 Å². The lowest BCUT2D eigenvalue weighted by Gasteiger charge is -2.10. The normalized spacial score (nSPS) is 12.9. The zero-order chi connectivity index (χ0) is 9.84. The lowest BCUT2D eigenvalue weighted by atomic mass is 10.1. The van der Waals surface area contributed by atoms with E-state index in [1.807, 2.05) is 6.92 Å². The minimum Gasteiger partial charge on any atom is -0.324 e. The molecule has 1 rings (SSSR count). The van der Waals surface area contributed by atoms with Gasteiger partial charge >= 0.3 is 0 Å². The molecule has 1 nitrogen and oxygen atoms in total. The van der Waals surface area contributed by atoms with Gasteiger partial charge in [-0.3, -0.25) is 0 Å². The van der Waals surface area contributed by atoms with E-state index in [2.05, 4.69) is 30.7 Å². The zero-order valence-electron chi connectivity index (χ0n) is 8.20. The molecule has 0 heterocycles. The molecule has 72 valence electrons. The summed E-state index contributed by atoms with van der Waals surface area (Å²) in [6.45, 7) is 2.01. The van der Waals surface area contributed by atoms with E-state index in [1.165, 1.54) is 15.4 Å². The Morgan fingerprint density at radius 1 is 1.15 bits per heavy atom. The third-order valence-corrected chi connectivity index (χ3v) is 3.64. The average molecular weight is 213 g/mol. The lowest BCUT2D eigenvalue weighted by Crippen LogP contribution is -2.04. The van der Waals surface area contributed by atoms with Gasteiger partial charge in [-0.25, -0.2) is 0 Å². The molecular formula is C10H15NS2. The number of benzene rings is 1. The highest BCUT2D eigenvalue weighted by Gasteiger charge is 2.04. The van der Waals surface area contributed by atoms with E-state index in [0.29, 0.717) is 0 Å². The molecule has 0 amide bonds. The average Bonchev–Trinajstić information content (AvgIpc) is 2.16. The summed E-state index contributed by atoms with van der Waals surface area (Å²) >= 11 is 3.55. The maximum Gasteiger partial charge on any atom is 0.0266 e. The Morgan fingerprint density at radius 2 is 1.77 bits per heavy atom. The van der Waals surface area contributed by atoms with Crippen LogP contribution in [-0.4, -0.2) is 12.5 Å².